The summed E-state index contributed by atoms with van der Waals surface area (Å²) in [6.45, 7) is -0.336. The molecule has 1 aromatic rings. The number of benzene rings is 1. The lowest BCUT2D eigenvalue weighted by molar-refractivity contribution is 0.113. The van der Waals surface area contributed by atoms with Gasteiger partial charge < -0.3 is 10.8 Å². The van der Waals surface area contributed by atoms with E-state index in [-0.39, 0.29) is 17.1 Å². The van der Waals surface area contributed by atoms with Crippen LogP contribution in [0.15, 0.2) is 23.1 Å². The molecule has 1 aromatic carbocycles. The summed E-state index contributed by atoms with van der Waals surface area (Å²) in [6.07, 6.45) is -2.82. The summed E-state index contributed by atoms with van der Waals surface area (Å²) in [6, 6.07) is 4.25. The van der Waals surface area contributed by atoms with E-state index in [1.165, 1.54) is 18.2 Å². The fourth-order valence-electron chi connectivity index (χ4n) is 1.61. The molecule has 108 valence electrons. The highest BCUT2D eigenvalue weighted by atomic mass is 32.2. The van der Waals surface area contributed by atoms with E-state index in [1.807, 2.05) is 0 Å². The first kappa shape index (κ1) is 15.8. The Morgan fingerprint density at radius 2 is 2.05 bits per heavy atom. The molecule has 0 aliphatic carbocycles. The molecule has 0 saturated carbocycles. The van der Waals surface area contributed by atoms with Crippen LogP contribution in [-0.2, 0) is 10.0 Å². The molecule has 0 unspecified atom stereocenters. The Hall–Kier alpha value is -1.25. The summed E-state index contributed by atoms with van der Waals surface area (Å²) in [5, 5.41) is 8.81. The van der Waals surface area contributed by atoms with Crippen LogP contribution in [0.4, 0.5) is 14.5 Å². The monoisotopic (exact) mass is 294 g/mol. The molecule has 0 aliphatic heterocycles. The van der Waals surface area contributed by atoms with Crippen molar-refractivity contribution in [2.75, 3.05) is 25.4 Å². The minimum atomic E-state index is -4.10. The van der Waals surface area contributed by atoms with Gasteiger partial charge in [-0.1, -0.05) is 6.07 Å². The molecular weight excluding hydrogens is 278 g/mol. The largest absolute Gasteiger partial charge is 0.399 e. The second-order valence-electron chi connectivity index (χ2n) is 4.00. The highest BCUT2D eigenvalue weighted by Gasteiger charge is 2.28. The molecule has 0 amide bonds. The van der Waals surface area contributed by atoms with E-state index < -0.39 is 29.6 Å². The third kappa shape index (κ3) is 3.85. The Morgan fingerprint density at radius 3 is 2.58 bits per heavy atom. The van der Waals surface area contributed by atoms with Crippen LogP contribution in [-0.4, -0.2) is 44.0 Å². The number of hydrogen-bond acceptors (Lipinski definition) is 4. The number of nitrogen functional groups attached to an aromatic ring is 1. The lowest BCUT2D eigenvalue weighted by atomic mass is 10.2. The Balaban J connectivity index is 3.22. The zero-order chi connectivity index (χ0) is 14.6. The van der Waals surface area contributed by atoms with E-state index in [2.05, 4.69) is 0 Å². The van der Waals surface area contributed by atoms with Crippen molar-refractivity contribution in [1.82, 2.24) is 4.31 Å². The SMILES string of the molecule is Cc1ccc(N)cc1S(=O)(=O)N(CCO)CC(F)F. The Morgan fingerprint density at radius 1 is 1.42 bits per heavy atom. The second-order valence-corrected chi connectivity index (χ2v) is 5.91. The van der Waals surface area contributed by atoms with Crippen molar-refractivity contribution in [2.24, 2.45) is 0 Å². The van der Waals surface area contributed by atoms with Gasteiger partial charge in [0.2, 0.25) is 10.0 Å². The van der Waals surface area contributed by atoms with E-state index in [0.29, 0.717) is 9.87 Å². The Kier molecular flexibility index (Phi) is 5.21. The standard InChI is InChI=1S/C11H16F2N2O3S/c1-8-2-3-9(14)6-10(8)19(17,18)15(4-5-16)7-11(12)13/h2-3,6,11,16H,4-5,7,14H2,1H3. The van der Waals surface area contributed by atoms with Crippen molar-refractivity contribution in [3.05, 3.63) is 23.8 Å². The van der Waals surface area contributed by atoms with Crippen LogP contribution < -0.4 is 5.73 Å². The molecule has 0 aliphatic rings. The maximum Gasteiger partial charge on any atom is 0.252 e. The molecule has 5 nitrogen and oxygen atoms in total. The highest BCUT2D eigenvalue weighted by molar-refractivity contribution is 7.89. The first-order valence-electron chi connectivity index (χ1n) is 5.54. The average molecular weight is 294 g/mol. The molecule has 1 rings (SSSR count). The van der Waals surface area contributed by atoms with Crippen LogP contribution >= 0.6 is 0 Å². The number of hydrogen-bond donors (Lipinski definition) is 2. The van der Waals surface area contributed by atoms with Crippen LogP contribution in [0.5, 0.6) is 0 Å². The zero-order valence-corrected chi connectivity index (χ0v) is 11.2. The molecule has 0 saturated heterocycles. The molecule has 0 radical (unpaired) electrons. The molecule has 0 fully saturated rings. The van der Waals surface area contributed by atoms with Crippen LogP contribution in [0, 0.1) is 6.92 Å². The summed E-state index contributed by atoms with van der Waals surface area (Å²) in [4.78, 5) is -0.124. The van der Waals surface area contributed by atoms with Crippen LogP contribution in [0.2, 0.25) is 0 Å². The average Bonchev–Trinajstić information content (AvgIpc) is 2.31. The van der Waals surface area contributed by atoms with Gasteiger partial charge in [-0.2, -0.15) is 4.31 Å². The first-order chi connectivity index (χ1) is 8.78. The van der Waals surface area contributed by atoms with E-state index in [4.69, 9.17) is 10.8 Å². The van der Waals surface area contributed by atoms with Gasteiger partial charge in [-0.15, -0.1) is 0 Å². The molecule has 0 bridgehead atoms. The number of aliphatic hydroxyl groups excluding tert-OH is 1. The normalized spacial score (nSPS) is 12.3. The van der Waals surface area contributed by atoms with Gasteiger partial charge in [-0.25, -0.2) is 17.2 Å². The minimum absolute atomic E-state index is 0.124. The maximum absolute atomic E-state index is 12.4. The molecule has 0 aromatic heterocycles. The number of rotatable bonds is 6. The van der Waals surface area contributed by atoms with E-state index in [1.54, 1.807) is 6.92 Å². The summed E-state index contributed by atoms with van der Waals surface area (Å²) < 4.78 is 49.9. The van der Waals surface area contributed by atoms with Crippen LogP contribution in [0.25, 0.3) is 0 Å². The van der Waals surface area contributed by atoms with Gasteiger partial charge in [0.05, 0.1) is 18.0 Å². The van der Waals surface area contributed by atoms with Crippen molar-refractivity contribution in [3.63, 3.8) is 0 Å². The summed E-state index contributed by atoms with van der Waals surface area (Å²) in [5.41, 5.74) is 6.15. The molecule has 0 heterocycles. The lowest BCUT2D eigenvalue weighted by Crippen LogP contribution is -2.37. The Labute approximate surface area is 110 Å². The fraction of sp³-hybridized carbons (Fsp3) is 0.455. The smallest absolute Gasteiger partial charge is 0.252 e. The molecule has 19 heavy (non-hydrogen) atoms. The Bertz CT molecular complexity index is 535. The van der Waals surface area contributed by atoms with Crippen LogP contribution in [0.1, 0.15) is 5.56 Å². The van der Waals surface area contributed by atoms with Gasteiger partial charge >= 0.3 is 0 Å². The molecule has 0 atom stereocenters. The molecule has 8 heteroatoms. The van der Waals surface area contributed by atoms with Crippen molar-refractivity contribution in [3.8, 4) is 0 Å². The van der Waals surface area contributed by atoms with E-state index >= 15 is 0 Å². The number of sulfonamides is 1. The zero-order valence-electron chi connectivity index (χ0n) is 10.4. The number of nitrogens with two attached hydrogens (primary N) is 1. The molecule has 0 spiro atoms. The highest BCUT2D eigenvalue weighted by Crippen LogP contribution is 2.22. The quantitative estimate of drug-likeness (QED) is 0.761. The third-order valence-corrected chi connectivity index (χ3v) is 4.53. The topological polar surface area (TPSA) is 83.6 Å². The van der Waals surface area contributed by atoms with E-state index in [0.717, 1.165) is 0 Å². The first-order valence-corrected chi connectivity index (χ1v) is 6.98. The van der Waals surface area contributed by atoms with Gasteiger partial charge in [0.15, 0.2) is 0 Å². The number of anilines is 1. The van der Waals surface area contributed by atoms with Crippen molar-refractivity contribution in [2.45, 2.75) is 18.2 Å². The third-order valence-electron chi connectivity index (χ3n) is 2.52. The van der Waals surface area contributed by atoms with Crippen molar-refractivity contribution < 1.29 is 22.3 Å². The minimum Gasteiger partial charge on any atom is -0.399 e. The van der Waals surface area contributed by atoms with Crippen molar-refractivity contribution in [1.29, 1.82) is 0 Å². The van der Waals surface area contributed by atoms with Gasteiger partial charge in [-0.3, -0.25) is 0 Å². The molecular formula is C11H16F2N2O3S. The number of halogens is 2. The van der Waals surface area contributed by atoms with Gasteiger partial charge in [-0.05, 0) is 24.6 Å². The maximum atomic E-state index is 12.4. The lowest BCUT2D eigenvalue weighted by Gasteiger charge is -2.22. The predicted molar refractivity (Wildman–Crippen MR) is 67.4 cm³/mol. The van der Waals surface area contributed by atoms with Crippen molar-refractivity contribution >= 4 is 15.7 Å². The van der Waals surface area contributed by atoms with Crippen LogP contribution in [0.3, 0.4) is 0 Å². The number of aliphatic hydroxyl groups is 1. The fourth-order valence-corrected chi connectivity index (χ4v) is 3.28. The predicted octanol–water partition coefficient (Wildman–Crippen LogP) is 0.825. The van der Waals surface area contributed by atoms with Gasteiger partial charge in [0.25, 0.3) is 6.43 Å². The summed E-state index contributed by atoms with van der Waals surface area (Å²) in [7, 11) is -4.10. The van der Waals surface area contributed by atoms with E-state index in [9.17, 15) is 17.2 Å². The summed E-state index contributed by atoms with van der Waals surface area (Å²) >= 11 is 0. The molecule has 3 N–H and O–H groups in total. The van der Waals surface area contributed by atoms with Gasteiger partial charge in [0, 0.05) is 12.2 Å². The number of nitrogens with zero attached hydrogens (tertiary/aromatic N) is 1. The van der Waals surface area contributed by atoms with Gasteiger partial charge in [0.1, 0.15) is 0 Å². The summed E-state index contributed by atoms with van der Waals surface area (Å²) in [5.74, 6) is 0. The number of aryl methyl sites for hydroxylation is 1. The second kappa shape index (κ2) is 6.27. The number of alkyl halides is 2.